The van der Waals surface area contributed by atoms with Crippen LogP contribution in [0.5, 0.6) is 0 Å². The van der Waals surface area contributed by atoms with E-state index in [0.29, 0.717) is 22.2 Å². The highest BCUT2D eigenvalue weighted by atomic mass is 32.1. The largest absolute Gasteiger partial charge is 0.478 e. The smallest absolute Gasteiger partial charge is 0.335 e. The van der Waals surface area contributed by atoms with Gasteiger partial charge in [0.05, 0.1) is 24.2 Å². The number of carboxylic acids is 1. The molecule has 0 bridgehead atoms. The maximum Gasteiger partial charge on any atom is 0.335 e. The number of carbonyl (C=O) groups is 2. The number of rotatable bonds is 9. The summed E-state index contributed by atoms with van der Waals surface area (Å²) in [6, 6.07) is 12.3. The Kier molecular flexibility index (Phi) is 6.71. The number of fused-ring (bicyclic) bond motifs is 1. The molecule has 0 aliphatic heterocycles. The lowest BCUT2D eigenvalue weighted by atomic mass is 10.1. The minimum absolute atomic E-state index is 0.00227. The van der Waals surface area contributed by atoms with Gasteiger partial charge in [0.1, 0.15) is 10.6 Å². The fourth-order valence-electron chi connectivity index (χ4n) is 3.29. The van der Waals surface area contributed by atoms with Crippen molar-refractivity contribution in [2.45, 2.75) is 26.1 Å². The van der Waals surface area contributed by atoms with Crippen LogP contribution in [0.3, 0.4) is 0 Å². The Balaban J connectivity index is 1.40. The van der Waals surface area contributed by atoms with Crippen LogP contribution in [-0.4, -0.2) is 26.8 Å². The number of carbonyl (C=O) groups excluding carboxylic acids is 1. The van der Waals surface area contributed by atoms with Crippen LogP contribution in [0.15, 0.2) is 58.7 Å². The van der Waals surface area contributed by atoms with Gasteiger partial charge in [-0.3, -0.25) is 9.59 Å². The van der Waals surface area contributed by atoms with Gasteiger partial charge in [-0.15, -0.1) is 11.3 Å². The van der Waals surface area contributed by atoms with Crippen molar-refractivity contribution in [3.8, 4) is 0 Å². The summed E-state index contributed by atoms with van der Waals surface area (Å²) in [6.07, 6.45) is 0.555. The molecule has 0 saturated carbocycles. The van der Waals surface area contributed by atoms with Crippen LogP contribution in [0.1, 0.15) is 44.1 Å². The number of aromatic carboxylic acids is 1. The number of halogens is 1. The molecule has 0 amide bonds. The van der Waals surface area contributed by atoms with Gasteiger partial charge in [0.2, 0.25) is 0 Å². The normalized spacial score (nSPS) is 11.1. The molecular weight excluding hydrogens is 447 g/mol. The first-order valence-corrected chi connectivity index (χ1v) is 11.0. The molecule has 0 aliphatic rings. The van der Waals surface area contributed by atoms with Crippen LogP contribution in [0.4, 0.5) is 4.39 Å². The molecule has 4 aromatic rings. The van der Waals surface area contributed by atoms with Gasteiger partial charge in [0.25, 0.3) is 5.56 Å². The first-order chi connectivity index (χ1) is 15.9. The SMILES string of the molecule is O=C(O)c1ccc(COCc2csc3nc(C(=O)CCc4ccc(F)cc4)[nH]c(=O)c23)cc1. The summed E-state index contributed by atoms with van der Waals surface area (Å²) in [7, 11) is 0. The lowest BCUT2D eigenvalue weighted by Crippen LogP contribution is -2.16. The number of Topliss-reactive ketones (excluding diaryl/α,β-unsaturated/α-hetero) is 1. The highest BCUT2D eigenvalue weighted by Gasteiger charge is 2.16. The zero-order valence-electron chi connectivity index (χ0n) is 17.3. The highest BCUT2D eigenvalue weighted by Crippen LogP contribution is 2.22. The first-order valence-electron chi connectivity index (χ1n) is 10.1. The van der Waals surface area contributed by atoms with Crippen molar-refractivity contribution in [2.24, 2.45) is 0 Å². The lowest BCUT2D eigenvalue weighted by molar-refractivity contribution is 0.0696. The highest BCUT2D eigenvalue weighted by molar-refractivity contribution is 7.16. The lowest BCUT2D eigenvalue weighted by Gasteiger charge is -2.05. The van der Waals surface area contributed by atoms with E-state index in [4.69, 9.17) is 9.84 Å². The summed E-state index contributed by atoms with van der Waals surface area (Å²) < 4.78 is 18.7. The number of nitrogens with one attached hydrogen (secondary N) is 1. The zero-order valence-corrected chi connectivity index (χ0v) is 18.2. The van der Waals surface area contributed by atoms with E-state index in [2.05, 4.69) is 9.97 Å². The topological polar surface area (TPSA) is 109 Å². The molecule has 7 nitrogen and oxygen atoms in total. The molecule has 0 atom stereocenters. The van der Waals surface area contributed by atoms with Gasteiger partial charge < -0.3 is 14.8 Å². The molecule has 0 radical (unpaired) electrons. The molecule has 168 valence electrons. The molecule has 2 aromatic carbocycles. The van der Waals surface area contributed by atoms with Crippen molar-refractivity contribution in [1.82, 2.24) is 9.97 Å². The number of hydrogen-bond donors (Lipinski definition) is 2. The molecule has 2 N–H and O–H groups in total. The van der Waals surface area contributed by atoms with E-state index in [-0.39, 0.29) is 42.6 Å². The predicted octanol–water partition coefficient (Wildman–Crippen LogP) is 4.35. The van der Waals surface area contributed by atoms with Gasteiger partial charge >= 0.3 is 5.97 Å². The van der Waals surface area contributed by atoms with E-state index in [1.165, 1.54) is 35.6 Å². The second kappa shape index (κ2) is 9.85. The van der Waals surface area contributed by atoms with Gasteiger partial charge in [-0.1, -0.05) is 24.3 Å². The van der Waals surface area contributed by atoms with E-state index in [0.717, 1.165) is 11.1 Å². The minimum Gasteiger partial charge on any atom is -0.478 e. The van der Waals surface area contributed by atoms with Crippen LogP contribution in [0.25, 0.3) is 10.2 Å². The summed E-state index contributed by atoms with van der Waals surface area (Å²) in [5.41, 5.74) is 2.08. The van der Waals surface area contributed by atoms with Crippen molar-refractivity contribution < 1.29 is 23.8 Å². The van der Waals surface area contributed by atoms with Crippen LogP contribution in [-0.2, 0) is 24.4 Å². The van der Waals surface area contributed by atoms with Crippen molar-refractivity contribution >= 4 is 33.3 Å². The summed E-state index contributed by atoms with van der Waals surface area (Å²) in [5, 5.41) is 11.1. The maximum atomic E-state index is 13.0. The van der Waals surface area contributed by atoms with Crippen LogP contribution in [0, 0.1) is 5.82 Å². The number of aryl methyl sites for hydroxylation is 1. The number of ether oxygens (including phenoxy) is 1. The van der Waals surface area contributed by atoms with Gasteiger partial charge in [0.15, 0.2) is 11.6 Å². The molecule has 4 rings (SSSR count). The van der Waals surface area contributed by atoms with Crippen molar-refractivity contribution in [2.75, 3.05) is 0 Å². The Bertz CT molecular complexity index is 1360. The Morgan fingerprint density at radius 2 is 1.73 bits per heavy atom. The van der Waals surface area contributed by atoms with Crippen LogP contribution < -0.4 is 5.56 Å². The van der Waals surface area contributed by atoms with Crippen LogP contribution >= 0.6 is 11.3 Å². The molecule has 0 aliphatic carbocycles. The van der Waals surface area contributed by atoms with Crippen molar-refractivity contribution in [1.29, 1.82) is 0 Å². The van der Waals surface area contributed by atoms with E-state index in [1.807, 2.05) is 0 Å². The van der Waals surface area contributed by atoms with Crippen LogP contribution in [0.2, 0.25) is 0 Å². The molecule has 0 spiro atoms. The number of carboxylic acid groups (broad SMARTS) is 1. The molecule has 2 aromatic heterocycles. The molecule has 2 heterocycles. The molecule has 0 unspecified atom stereocenters. The quantitative estimate of drug-likeness (QED) is 0.355. The number of ketones is 1. The predicted molar refractivity (Wildman–Crippen MR) is 121 cm³/mol. The summed E-state index contributed by atoms with van der Waals surface area (Å²) >= 11 is 1.26. The number of aromatic nitrogens is 2. The maximum absolute atomic E-state index is 13.0. The van der Waals surface area contributed by atoms with E-state index in [9.17, 15) is 18.8 Å². The van der Waals surface area contributed by atoms with Crippen molar-refractivity contribution in [3.05, 3.63) is 98.2 Å². The first kappa shape index (κ1) is 22.5. The molecular formula is C24H19FN2O5S. The van der Waals surface area contributed by atoms with Gasteiger partial charge in [-0.25, -0.2) is 14.2 Å². The fourth-order valence-corrected chi connectivity index (χ4v) is 4.22. The van der Waals surface area contributed by atoms with E-state index < -0.39 is 11.5 Å². The van der Waals surface area contributed by atoms with E-state index in [1.54, 1.807) is 29.6 Å². The van der Waals surface area contributed by atoms with Gasteiger partial charge in [-0.05, 0) is 47.2 Å². The standard InChI is InChI=1S/C24H19FN2O5S/c25-18-8-3-14(4-9-18)5-10-19(28)21-26-22(29)20-17(13-33-23(20)27-21)12-32-11-15-1-6-16(7-2-15)24(30)31/h1-4,6-9,13H,5,10-12H2,(H,30,31)(H,26,27,29). The zero-order chi connectivity index (χ0) is 23.4. The number of H-pyrrole nitrogens is 1. The minimum atomic E-state index is -0.993. The number of benzene rings is 2. The van der Waals surface area contributed by atoms with Gasteiger partial charge in [0, 0.05) is 12.0 Å². The Morgan fingerprint density at radius 1 is 1.03 bits per heavy atom. The number of aromatic amines is 1. The average molecular weight is 466 g/mol. The number of thiophene rings is 1. The Labute approximate surface area is 191 Å². The van der Waals surface area contributed by atoms with Crippen molar-refractivity contribution in [3.63, 3.8) is 0 Å². The third-order valence-electron chi connectivity index (χ3n) is 5.07. The monoisotopic (exact) mass is 466 g/mol. The van der Waals surface area contributed by atoms with E-state index >= 15 is 0 Å². The second-order valence-corrected chi connectivity index (χ2v) is 8.26. The average Bonchev–Trinajstić information content (AvgIpc) is 3.22. The second-order valence-electron chi connectivity index (χ2n) is 7.40. The fraction of sp³-hybridized carbons (Fsp3) is 0.167. The third kappa shape index (κ3) is 5.39. The molecule has 33 heavy (non-hydrogen) atoms. The summed E-state index contributed by atoms with van der Waals surface area (Å²) in [6.45, 7) is 0.422. The summed E-state index contributed by atoms with van der Waals surface area (Å²) in [5.74, 6) is -1.63. The Hall–Kier alpha value is -3.69. The molecule has 0 saturated heterocycles. The number of nitrogens with zero attached hydrogens (tertiary/aromatic N) is 1. The molecule has 9 heteroatoms. The Morgan fingerprint density at radius 3 is 2.42 bits per heavy atom. The van der Waals surface area contributed by atoms with Gasteiger partial charge in [-0.2, -0.15) is 0 Å². The number of hydrogen-bond acceptors (Lipinski definition) is 6. The third-order valence-corrected chi connectivity index (χ3v) is 5.99. The molecule has 0 fully saturated rings. The summed E-state index contributed by atoms with van der Waals surface area (Å²) in [4.78, 5) is 43.4.